The van der Waals surface area contributed by atoms with Gasteiger partial charge in [-0.15, -0.1) is 11.3 Å². The maximum absolute atomic E-state index is 13.4. The Morgan fingerprint density at radius 2 is 2.19 bits per heavy atom. The molecule has 7 nitrogen and oxygen atoms in total. The highest BCUT2D eigenvalue weighted by Gasteiger charge is 2.35. The van der Waals surface area contributed by atoms with E-state index >= 15 is 0 Å². The first-order valence-electron chi connectivity index (χ1n) is 8.45. The third kappa shape index (κ3) is 3.59. The number of nitrogens with one attached hydrogen (secondary N) is 1. The third-order valence-corrected chi connectivity index (χ3v) is 5.05. The highest BCUT2D eigenvalue weighted by molar-refractivity contribution is 7.13. The molecule has 1 aliphatic rings. The number of halogens is 1. The predicted octanol–water partition coefficient (Wildman–Crippen LogP) is 2.71. The van der Waals surface area contributed by atoms with Crippen molar-refractivity contribution in [2.24, 2.45) is 0 Å². The maximum Gasteiger partial charge on any atom is 0.275 e. The number of likely N-dealkylation sites (tertiary alicyclic amines) is 1. The van der Waals surface area contributed by atoms with Crippen LogP contribution in [0.5, 0.6) is 0 Å². The van der Waals surface area contributed by atoms with Crippen LogP contribution in [0, 0.1) is 5.82 Å². The molecule has 0 spiro atoms. The van der Waals surface area contributed by atoms with E-state index in [9.17, 15) is 14.0 Å². The number of hydrogen-bond donors (Lipinski definition) is 1. The van der Waals surface area contributed by atoms with Gasteiger partial charge in [0.05, 0.1) is 5.69 Å². The predicted molar refractivity (Wildman–Crippen MR) is 98.3 cm³/mol. The van der Waals surface area contributed by atoms with Gasteiger partial charge in [-0.1, -0.05) is 6.07 Å². The number of amides is 2. The average Bonchev–Trinajstić information content (AvgIpc) is 3.41. The lowest BCUT2D eigenvalue weighted by Crippen LogP contribution is -2.43. The summed E-state index contributed by atoms with van der Waals surface area (Å²) in [7, 11) is 0. The minimum Gasteiger partial charge on any atom is -0.325 e. The molecule has 0 aliphatic carbocycles. The van der Waals surface area contributed by atoms with Crippen LogP contribution in [0.2, 0.25) is 0 Å². The Balaban J connectivity index is 1.51. The van der Waals surface area contributed by atoms with Crippen molar-refractivity contribution in [3.8, 4) is 5.69 Å². The fraction of sp³-hybridized carbons (Fsp3) is 0.222. The van der Waals surface area contributed by atoms with Gasteiger partial charge in [-0.3, -0.25) is 9.59 Å². The number of carbonyl (C=O) groups excluding carboxylic acids is 2. The number of rotatable bonds is 4. The Bertz CT molecular complexity index is 972. The molecule has 9 heteroatoms. The van der Waals surface area contributed by atoms with Gasteiger partial charge in [0.15, 0.2) is 10.8 Å². The van der Waals surface area contributed by atoms with E-state index < -0.39 is 6.04 Å². The van der Waals surface area contributed by atoms with Gasteiger partial charge in [0.1, 0.15) is 11.9 Å². The van der Waals surface area contributed by atoms with E-state index in [1.54, 1.807) is 36.0 Å². The van der Waals surface area contributed by atoms with Crippen molar-refractivity contribution in [1.82, 2.24) is 19.7 Å². The first-order valence-corrected chi connectivity index (χ1v) is 9.33. The van der Waals surface area contributed by atoms with Crippen molar-refractivity contribution in [2.45, 2.75) is 18.9 Å². The lowest BCUT2D eigenvalue weighted by Gasteiger charge is -2.22. The summed E-state index contributed by atoms with van der Waals surface area (Å²) in [4.78, 5) is 30.9. The second kappa shape index (κ2) is 7.28. The van der Waals surface area contributed by atoms with Gasteiger partial charge >= 0.3 is 0 Å². The van der Waals surface area contributed by atoms with Gasteiger partial charge in [0, 0.05) is 24.3 Å². The number of aromatic nitrogens is 3. The van der Waals surface area contributed by atoms with Crippen LogP contribution in [-0.2, 0) is 4.79 Å². The molecule has 138 valence electrons. The van der Waals surface area contributed by atoms with E-state index in [-0.39, 0.29) is 23.3 Å². The van der Waals surface area contributed by atoms with Crippen LogP contribution in [-0.4, -0.2) is 44.1 Å². The van der Waals surface area contributed by atoms with Gasteiger partial charge in [-0.05, 0) is 37.1 Å². The fourth-order valence-electron chi connectivity index (χ4n) is 3.10. The van der Waals surface area contributed by atoms with E-state index in [0.29, 0.717) is 23.8 Å². The molecule has 1 fully saturated rings. The fourth-order valence-corrected chi connectivity index (χ4v) is 3.64. The van der Waals surface area contributed by atoms with Crippen LogP contribution < -0.4 is 5.32 Å². The summed E-state index contributed by atoms with van der Waals surface area (Å²) in [6.07, 6.45) is 4.54. The molecule has 1 saturated heterocycles. The Kier molecular flexibility index (Phi) is 4.68. The molecule has 1 aliphatic heterocycles. The van der Waals surface area contributed by atoms with E-state index in [1.807, 2.05) is 0 Å². The van der Waals surface area contributed by atoms with E-state index in [0.717, 1.165) is 6.42 Å². The molecule has 3 heterocycles. The van der Waals surface area contributed by atoms with Crippen molar-refractivity contribution in [2.75, 3.05) is 11.9 Å². The Morgan fingerprint density at radius 3 is 2.96 bits per heavy atom. The minimum absolute atomic E-state index is 0.216. The van der Waals surface area contributed by atoms with Crippen LogP contribution >= 0.6 is 11.3 Å². The molecule has 1 unspecified atom stereocenters. The summed E-state index contributed by atoms with van der Waals surface area (Å²) in [6, 6.07) is 6.97. The Labute approximate surface area is 158 Å². The van der Waals surface area contributed by atoms with Gasteiger partial charge in [0.25, 0.3) is 5.91 Å². The monoisotopic (exact) mass is 385 g/mol. The molecule has 3 aromatic rings. The van der Waals surface area contributed by atoms with E-state index in [2.05, 4.69) is 15.4 Å². The van der Waals surface area contributed by atoms with Gasteiger partial charge < -0.3 is 10.2 Å². The average molecular weight is 385 g/mol. The number of thiazole rings is 1. The van der Waals surface area contributed by atoms with Crippen LogP contribution in [0.25, 0.3) is 5.69 Å². The SMILES string of the molecule is O=C(Nc1nccs1)C1CCCN1C(=O)c1ccn(-c2cccc(F)c2)n1. The van der Waals surface area contributed by atoms with Crippen LogP contribution in [0.3, 0.4) is 0 Å². The second-order valence-electron chi connectivity index (χ2n) is 6.11. The molecule has 0 radical (unpaired) electrons. The van der Waals surface area contributed by atoms with Crippen molar-refractivity contribution >= 4 is 28.3 Å². The first kappa shape index (κ1) is 17.3. The zero-order valence-corrected chi connectivity index (χ0v) is 15.0. The molecule has 1 aromatic carbocycles. The maximum atomic E-state index is 13.4. The van der Waals surface area contributed by atoms with Gasteiger partial charge in [-0.2, -0.15) is 5.10 Å². The molecule has 1 atom stereocenters. The number of benzene rings is 1. The molecule has 1 N–H and O–H groups in total. The minimum atomic E-state index is -0.555. The van der Waals surface area contributed by atoms with Crippen molar-refractivity contribution in [3.63, 3.8) is 0 Å². The summed E-state index contributed by atoms with van der Waals surface area (Å²) in [6.45, 7) is 0.488. The molecule has 0 bridgehead atoms. The smallest absolute Gasteiger partial charge is 0.275 e. The lowest BCUT2D eigenvalue weighted by molar-refractivity contribution is -0.119. The summed E-state index contributed by atoms with van der Waals surface area (Å²) in [5, 5.41) is 9.28. The van der Waals surface area contributed by atoms with Crippen LogP contribution in [0.4, 0.5) is 9.52 Å². The largest absolute Gasteiger partial charge is 0.325 e. The van der Waals surface area contributed by atoms with Crippen molar-refractivity contribution < 1.29 is 14.0 Å². The highest BCUT2D eigenvalue weighted by atomic mass is 32.1. The van der Waals surface area contributed by atoms with Gasteiger partial charge in [0.2, 0.25) is 5.91 Å². The zero-order chi connectivity index (χ0) is 18.8. The Morgan fingerprint density at radius 1 is 1.30 bits per heavy atom. The van der Waals surface area contributed by atoms with Crippen molar-refractivity contribution in [1.29, 1.82) is 0 Å². The van der Waals surface area contributed by atoms with Crippen molar-refractivity contribution in [3.05, 3.63) is 59.6 Å². The third-order valence-electron chi connectivity index (χ3n) is 4.36. The summed E-state index contributed by atoms with van der Waals surface area (Å²) < 4.78 is 14.8. The standard InChI is InChI=1S/C18H16FN5O2S/c19-12-3-1-4-13(11-12)24-9-6-14(22-24)17(26)23-8-2-5-15(23)16(25)21-18-20-7-10-27-18/h1,3-4,6-7,9-11,15H,2,5,8H2,(H,20,21,25). The first-order chi connectivity index (χ1) is 13.1. The quantitative estimate of drug-likeness (QED) is 0.749. The number of anilines is 1. The Hall–Kier alpha value is -3.07. The van der Waals surface area contributed by atoms with Crippen LogP contribution in [0.1, 0.15) is 23.3 Å². The number of hydrogen-bond acceptors (Lipinski definition) is 5. The molecule has 27 heavy (non-hydrogen) atoms. The van der Waals surface area contributed by atoms with Gasteiger partial charge in [-0.25, -0.2) is 14.1 Å². The van der Waals surface area contributed by atoms with E-state index in [4.69, 9.17) is 0 Å². The topological polar surface area (TPSA) is 80.1 Å². The number of nitrogens with zero attached hydrogens (tertiary/aromatic N) is 4. The molecular formula is C18H16FN5O2S. The second-order valence-corrected chi connectivity index (χ2v) is 7.00. The summed E-state index contributed by atoms with van der Waals surface area (Å²) >= 11 is 1.33. The molecule has 4 rings (SSSR count). The number of carbonyl (C=O) groups is 2. The summed E-state index contributed by atoms with van der Waals surface area (Å²) in [5.74, 6) is -0.948. The normalized spacial score (nSPS) is 16.5. The molecular weight excluding hydrogens is 369 g/mol. The molecule has 0 saturated carbocycles. The lowest BCUT2D eigenvalue weighted by atomic mass is 10.2. The highest BCUT2D eigenvalue weighted by Crippen LogP contribution is 2.22. The van der Waals surface area contributed by atoms with E-state index in [1.165, 1.54) is 33.1 Å². The summed E-state index contributed by atoms with van der Waals surface area (Å²) in [5.41, 5.74) is 0.738. The zero-order valence-electron chi connectivity index (χ0n) is 14.2. The van der Waals surface area contributed by atoms with Crippen LogP contribution in [0.15, 0.2) is 48.1 Å². The molecule has 2 amide bonds. The molecule has 2 aromatic heterocycles.